The molecule has 2 aromatic carbocycles. The molecule has 3 N–H and O–H groups in total. The molecule has 1 aliphatic rings. The molecule has 0 amide bonds. The predicted octanol–water partition coefficient (Wildman–Crippen LogP) is 3.20. The summed E-state index contributed by atoms with van der Waals surface area (Å²) in [5, 5.41) is 0.951. The van der Waals surface area contributed by atoms with Crippen LogP contribution in [0.3, 0.4) is 0 Å². The summed E-state index contributed by atoms with van der Waals surface area (Å²) in [5.74, 6) is 0.745. The molecule has 1 fully saturated rings. The van der Waals surface area contributed by atoms with E-state index in [1.54, 1.807) is 6.20 Å². The number of hydrogen-bond donors (Lipinski definition) is 2. The van der Waals surface area contributed by atoms with Crippen molar-refractivity contribution in [2.45, 2.75) is 0 Å². The number of nitrogens with zero attached hydrogens (tertiary/aromatic N) is 3. The highest BCUT2D eigenvalue weighted by molar-refractivity contribution is 5.99. The Balaban J connectivity index is 1.63. The smallest absolute Gasteiger partial charge is 0.142 e. The molecular weight excluding hydrogens is 326 g/mol. The van der Waals surface area contributed by atoms with E-state index in [9.17, 15) is 0 Å². The number of ether oxygens (including phenoxy) is 1. The number of imidazole rings is 1. The molecule has 1 aliphatic heterocycles. The Hall–Kier alpha value is -3.12. The summed E-state index contributed by atoms with van der Waals surface area (Å²) >= 11 is 0. The standard InChI is InChI=1S/C20H19N5O/c21-19-14-11-13(25-7-9-26-10-8-25)5-6-16(14)22-12-15(19)20-23-17-3-1-2-4-18(17)24-20/h1-6,11-12H,7-10H2,(H2,21,22)(H,23,24). The van der Waals surface area contributed by atoms with Crippen molar-refractivity contribution in [1.82, 2.24) is 15.0 Å². The normalized spacial score (nSPS) is 15.0. The molecule has 0 radical (unpaired) electrons. The van der Waals surface area contributed by atoms with Gasteiger partial charge in [-0.2, -0.15) is 0 Å². The first-order valence-corrected chi connectivity index (χ1v) is 8.76. The minimum Gasteiger partial charge on any atom is -0.398 e. The number of hydrogen-bond acceptors (Lipinski definition) is 5. The molecule has 5 rings (SSSR count). The average Bonchev–Trinajstić information content (AvgIpc) is 3.13. The van der Waals surface area contributed by atoms with Gasteiger partial charge in [-0.15, -0.1) is 0 Å². The number of para-hydroxylation sites is 2. The van der Waals surface area contributed by atoms with Crippen LogP contribution in [0.15, 0.2) is 48.7 Å². The molecule has 4 aromatic rings. The summed E-state index contributed by atoms with van der Waals surface area (Å²) in [6, 6.07) is 14.2. The minimum absolute atomic E-state index is 0.698. The quantitative estimate of drug-likeness (QED) is 0.583. The third kappa shape index (κ3) is 2.46. The molecular formula is C20H19N5O. The molecule has 26 heavy (non-hydrogen) atoms. The van der Waals surface area contributed by atoms with Crippen molar-refractivity contribution in [3.05, 3.63) is 48.7 Å². The van der Waals surface area contributed by atoms with Crippen LogP contribution in [0.1, 0.15) is 0 Å². The zero-order chi connectivity index (χ0) is 17.5. The molecule has 0 bridgehead atoms. The van der Waals surface area contributed by atoms with Gasteiger partial charge in [0.1, 0.15) is 5.82 Å². The second-order valence-corrected chi connectivity index (χ2v) is 6.49. The van der Waals surface area contributed by atoms with Gasteiger partial charge in [-0.25, -0.2) is 4.98 Å². The van der Waals surface area contributed by atoms with Crippen LogP contribution in [0, 0.1) is 0 Å². The first-order chi connectivity index (χ1) is 12.8. The van der Waals surface area contributed by atoms with E-state index in [1.807, 2.05) is 30.3 Å². The molecule has 6 nitrogen and oxygen atoms in total. The summed E-state index contributed by atoms with van der Waals surface area (Å²) in [7, 11) is 0. The van der Waals surface area contributed by atoms with E-state index in [1.165, 1.54) is 0 Å². The third-order valence-electron chi connectivity index (χ3n) is 4.91. The highest BCUT2D eigenvalue weighted by Crippen LogP contribution is 2.33. The van der Waals surface area contributed by atoms with E-state index in [4.69, 9.17) is 10.5 Å². The zero-order valence-corrected chi connectivity index (χ0v) is 14.3. The Morgan fingerprint density at radius 2 is 1.88 bits per heavy atom. The van der Waals surface area contributed by atoms with Crippen molar-refractivity contribution in [3.63, 3.8) is 0 Å². The zero-order valence-electron chi connectivity index (χ0n) is 14.3. The Morgan fingerprint density at radius 3 is 2.73 bits per heavy atom. The monoisotopic (exact) mass is 345 g/mol. The summed E-state index contributed by atoms with van der Waals surface area (Å²) in [5.41, 5.74) is 12.0. The number of rotatable bonds is 2. The molecule has 0 atom stereocenters. The van der Waals surface area contributed by atoms with Crippen LogP contribution >= 0.6 is 0 Å². The summed E-state index contributed by atoms with van der Waals surface area (Å²) in [6.45, 7) is 3.29. The molecule has 1 saturated heterocycles. The van der Waals surface area contributed by atoms with Gasteiger partial charge >= 0.3 is 0 Å². The number of morpholine rings is 1. The number of aromatic nitrogens is 3. The van der Waals surface area contributed by atoms with E-state index >= 15 is 0 Å². The van der Waals surface area contributed by atoms with Crippen LogP contribution in [0.4, 0.5) is 11.4 Å². The number of nitrogens with one attached hydrogen (secondary N) is 1. The molecule has 0 aliphatic carbocycles. The first-order valence-electron chi connectivity index (χ1n) is 8.76. The number of nitrogens with two attached hydrogens (primary N) is 1. The van der Waals surface area contributed by atoms with Gasteiger partial charge in [0.15, 0.2) is 0 Å². The van der Waals surface area contributed by atoms with Crippen molar-refractivity contribution < 1.29 is 4.74 Å². The maximum absolute atomic E-state index is 6.53. The van der Waals surface area contributed by atoms with E-state index < -0.39 is 0 Å². The van der Waals surface area contributed by atoms with E-state index in [0.717, 1.165) is 65.3 Å². The van der Waals surface area contributed by atoms with Crippen LogP contribution in [0.5, 0.6) is 0 Å². The van der Waals surface area contributed by atoms with Gasteiger partial charge in [0.2, 0.25) is 0 Å². The molecule has 6 heteroatoms. The molecule has 0 spiro atoms. The number of nitrogen functional groups attached to an aromatic ring is 1. The molecule has 3 heterocycles. The van der Waals surface area contributed by atoms with Crippen LogP contribution in [0.25, 0.3) is 33.3 Å². The molecule has 0 unspecified atom stereocenters. The van der Waals surface area contributed by atoms with Gasteiger partial charge in [0.05, 0.1) is 41.0 Å². The van der Waals surface area contributed by atoms with Crippen molar-refractivity contribution >= 4 is 33.3 Å². The lowest BCUT2D eigenvalue weighted by molar-refractivity contribution is 0.122. The second kappa shape index (κ2) is 6.00. The van der Waals surface area contributed by atoms with Gasteiger partial charge in [-0.3, -0.25) is 4.98 Å². The largest absolute Gasteiger partial charge is 0.398 e. The Labute approximate surface area is 150 Å². The van der Waals surface area contributed by atoms with Crippen LogP contribution in [-0.4, -0.2) is 41.3 Å². The summed E-state index contributed by atoms with van der Waals surface area (Å²) in [4.78, 5) is 14.9. The number of aromatic amines is 1. The Morgan fingerprint density at radius 1 is 1.04 bits per heavy atom. The van der Waals surface area contributed by atoms with Crippen LogP contribution < -0.4 is 10.6 Å². The highest BCUT2D eigenvalue weighted by atomic mass is 16.5. The number of pyridine rings is 1. The number of H-pyrrole nitrogens is 1. The van der Waals surface area contributed by atoms with Crippen LogP contribution in [0.2, 0.25) is 0 Å². The lowest BCUT2D eigenvalue weighted by Gasteiger charge is -2.29. The van der Waals surface area contributed by atoms with E-state index in [0.29, 0.717) is 5.69 Å². The molecule has 0 saturated carbocycles. The van der Waals surface area contributed by atoms with Crippen molar-refractivity contribution in [1.29, 1.82) is 0 Å². The average molecular weight is 345 g/mol. The van der Waals surface area contributed by atoms with E-state index in [-0.39, 0.29) is 0 Å². The number of fused-ring (bicyclic) bond motifs is 2. The lowest BCUT2D eigenvalue weighted by Crippen LogP contribution is -2.36. The fraction of sp³-hybridized carbons (Fsp3) is 0.200. The summed E-state index contributed by atoms with van der Waals surface area (Å²) < 4.78 is 5.45. The summed E-state index contributed by atoms with van der Waals surface area (Å²) in [6.07, 6.45) is 1.80. The van der Waals surface area contributed by atoms with Gasteiger partial charge in [-0.1, -0.05) is 12.1 Å². The van der Waals surface area contributed by atoms with Crippen LogP contribution in [-0.2, 0) is 4.74 Å². The van der Waals surface area contributed by atoms with Crippen molar-refractivity contribution in [3.8, 4) is 11.4 Å². The number of benzene rings is 2. The second-order valence-electron chi connectivity index (χ2n) is 6.49. The van der Waals surface area contributed by atoms with Gasteiger partial charge in [0.25, 0.3) is 0 Å². The third-order valence-corrected chi connectivity index (χ3v) is 4.91. The molecule has 130 valence electrons. The van der Waals surface area contributed by atoms with Gasteiger partial charge in [0, 0.05) is 30.4 Å². The highest BCUT2D eigenvalue weighted by Gasteiger charge is 2.15. The van der Waals surface area contributed by atoms with Crippen molar-refractivity contribution in [2.24, 2.45) is 0 Å². The lowest BCUT2D eigenvalue weighted by atomic mass is 10.1. The fourth-order valence-corrected chi connectivity index (χ4v) is 3.49. The molecule has 2 aromatic heterocycles. The maximum Gasteiger partial charge on any atom is 0.142 e. The van der Waals surface area contributed by atoms with Gasteiger partial charge in [-0.05, 0) is 30.3 Å². The topological polar surface area (TPSA) is 80.1 Å². The number of anilines is 2. The minimum atomic E-state index is 0.698. The van der Waals surface area contributed by atoms with Crippen molar-refractivity contribution in [2.75, 3.05) is 36.9 Å². The van der Waals surface area contributed by atoms with Gasteiger partial charge < -0.3 is 20.4 Å². The predicted molar refractivity (Wildman–Crippen MR) is 104 cm³/mol. The van der Waals surface area contributed by atoms with E-state index in [2.05, 4.69) is 32.0 Å². The first kappa shape index (κ1) is 15.2. The SMILES string of the molecule is Nc1c(-c2nc3ccccc3[nH]2)cnc2ccc(N3CCOCC3)cc12. The maximum atomic E-state index is 6.53. The Kier molecular flexibility index (Phi) is 3.50. The fourth-order valence-electron chi connectivity index (χ4n) is 3.49. The Bertz CT molecular complexity index is 1060.